The molecule has 1 fully saturated rings. The maximum Gasteiger partial charge on any atom is 0.254 e. The van der Waals surface area contributed by atoms with Gasteiger partial charge in [0.25, 0.3) is 5.91 Å². The van der Waals surface area contributed by atoms with E-state index in [9.17, 15) is 17.6 Å². The highest BCUT2D eigenvalue weighted by Crippen LogP contribution is 2.24. The lowest BCUT2D eigenvalue weighted by Crippen LogP contribution is -2.43. The number of nitrogens with one attached hydrogen (secondary N) is 2. The molecule has 1 aromatic carbocycles. The lowest BCUT2D eigenvalue weighted by molar-refractivity contribution is 0.0925. The van der Waals surface area contributed by atoms with Gasteiger partial charge in [0.05, 0.1) is 5.56 Å². The van der Waals surface area contributed by atoms with Crippen molar-refractivity contribution in [1.82, 2.24) is 10.6 Å². The van der Waals surface area contributed by atoms with Gasteiger partial charge in [-0.15, -0.1) is 0 Å². The molecule has 1 saturated heterocycles. The number of hydrogen-bond acceptors (Lipinski definition) is 4. The normalized spacial score (nSPS) is 16.7. The number of benzene rings is 1. The monoisotopic (exact) mass is 378 g/mol. The molecule has 0 aromatic heterocycles. The lowest BCUT2D eigenvalue weighted by Gasteiger charge is -2.23. The third-order valence-corrected chi connectivity index (χ3v) is 4.88. The van der Waals surface area contributed by atoms with Crippen LogP contribution in [0.2, 0.25) is 0 Å². The SMILES string of the molecule is CS(=O)(=O)c1cc(Br)cc(C(=O)NC2CCNCC2)c1F. The van der Waals surface area contributed by atoms with Crippen molar-refractivity contribution in [1.29, 1.82) is 0 Å². The average Bonchev–Trinajstić information content (AvgIpc) is 2.40. The summed E-state index contributed by atoms with van der Waals surface area (Å²) in [5.41, 5.74) is -0.261. The molecule has 0 aliphatic carbocycles. The van der Waals surface area contributed by atoms with Gasteiger partial charge in [0.15, 0.2) is 15.7 Å². The van der Waals surface area contributed by atoms with Crippen LogP contribution < -0.4 is 10.6 Å². The number of carbonyl (C=O) groups is 1. The van der Waals surface area contributed by atoms with Gasteiger partial charge in [0.1, 0.15) is 4.90 Å². The molecule has 1 heterocycles. The van der Waals surface area contributed by atoms with Gasteiger partial charge in [-0.25, -0.2) is 12.8 Å². The van der Waals surface area contributed by atoms with Gasteiger partial charge in [-0.05, 0) is 38.1 Å². The maximum absolute atomic E-state index is 14.3. The van der Waals surface area contributed by atoms with E-state index < -0.39 is 26.5 Å². The Morgan fingerprint density at radius 1 is 1.38 bits per heavy atom. The molecular formula is C13H16BrFN2O3S. The number of amides is 1. The molecule has 21 heavy (non-hydrogen) atoms. The first kappa shape index (κ1) is 16.4. The van der Waals surface area contributed by atoms with Gasteiger partial charge in [-0.1, -0.05) is 15.9 Å². The molecule has 2 N–H and O–H groups in total. The molecule has 0 unspecified atom stereocenters. The van der Waals surface area contributed by atoms with Crippen molar-refractivity contribution in [3.63, 3.8) is 0 Å². The summed E-state index contributed by atoms with van der Waals surface area (Å²) in [4.78, 5) is 11.7. The van der Waals surface area contributed by atoms with Crippen LogP contribution in [0.4, 0.5) is 4.39 Å². The van der Waals surface area contributed by atoms with Crippen molar-refractivity contribution in [2.75, 3.05) is 19.3 Å². The highest BCUT2D eigenvalue weighted by molar-refractivity contribution is 9.10. The van der Waals surface area contributed by atoms with Crippen LogP contribution in [0.25, 0.3) is 0 Å². The summed E-state index contributed by atoms with van der Waals surface area (Å²) < 4.78 is 37.8. The fourth-order valence-electron chi connectivity index (χ4n) is 2.23. The first-order chi connectivity index (χ1) is 9.79. The smallest absolute Gasteiger partial charge is 0.254 e. The summed E-state index contributed by atoms with van der Waals surface area (Å²) in [6.07, 6.45) is 2.44. The van der Waals surface area contributed by atoms with Gasteiger partial charge in [-0.3, -0.25) is 4.79 Å². The number of sulfone groups is 1. The van der Waals surface area contributed by atoms with E-state index in [1.807, 2.05) is 0 Å². The van der Waals surface area contributed by atoms with Crippen molar-refractivity contribution < 1.29 is 17.6 Å². The Balaban J connectivity index is 2.30. The average molecular weight is 379 g/mol. The van der Waals surface area contributed by atoms with E-state index >= 15 is 0 Å². The van der Waals surface area contributed by atoms with Crippen molar-refractivity contribution in [2.45, 2.75) is 23.8 Å². The predicted octanol–water partition coefficient (Wildman–Crippen LogP) is 1.47. The Labute approximate surface area is 131 Å². The van der Waals surface area contributed by atoms with Crippen molar-refractivity contribution in [3.8, 4) is 0 Å². The minimum Gasteiger partial charge on any atom is -0.349 e. The lowest BCUT2D eigenvalue weighted by atomic mass is 10.1. The minimum atomic E-state index is -3.74. The number of hydrogen-bond donors (Lipinski definition) is 2. The van der Waals surface area contributed by atoms with Crippen LogP contribution in [0.1, 0.15) is 23.2 Å². The number of halogens is 2. The van der Waals surface area contributed by atoms with Gasteiger partial charge in [-0.2, -0.15) is 0 Å². The molecule has 0 radical (unpaired) electrons. The second-order valence-electron chi connectivity index (χ2n) is 5.04. The second-order valence-corrected chi connectivity index (χ2v) is 7.94. The Morgan fingerprint density at radius 2 is 2.00 bits per heavy atom. The Kier molecular flexibility index (Phi) is 5.00. The number of rotatable bonds is 3. The summed E-state index contributed by atoms with van der Waals surface area (Å²) >= 11 is 3.11. The molecule has 1 aliphatic rings. The first-order valence-electron chi connectivity index (χ1n) is 6.49. The van der Waals surface area contributed by atoms with E-state index in [2.05, 4.69) is 26.6 Å². The zero-order chi connectivity index (χ0) is 15.6. The zero-order valence-corrected chi connectivity index (χ0v) is 13.9. The summed E-state index contributed by atoms with van der Waals surface area (Å²) in [6, 6.07) is 2.42. The van der Waals surface area contributed by atoms with Crippen molar-refractivity contribution in [3.05, 3.63) is 28.0 Å². The maximum atomic E-state index is 14.3. The van der Waals surface area contributed by atoms with Crippen LogP contribution in [0.15, 0.2) is 21.5 Å². The molecular weight excluding hydrogens is 363 g/mol. The summed E-state index contributed by atoms with van der Waals surface area (Å²) in [7, 11) is -3.74. The van der Waals surface area contributed by atoms with Crippen LogP contribution in [-0.4, -0.2) is 39.7 Å². The van der Waals surface area contributed by atoms with Crippen LogP contribution in [0.3, 0.4) is 0 Å². The molecule has 1 aliphatic heterocycles. The fraction of sp³-hybridized carbons (Fsp3) is 0.462. The van der Waals surface area contributed by atoms with Crippen LogP contribution >= 0.6 is 15.9 Å². The first-order valence-corrected chi connectivity index (χ1v) is 9.18. The second kappa shape index (κ2) is 6.41. The molecule has 2 rings (SSSR count). The zero-order valence-electron chi connectivity index (χ0n) is 11.4. The fourth-order valence-corrected chi connectivity index (χ4v) is 3.61. The molecule has 0 bridgehead atoms. The summed E-state index contributed by atoms with van der Waals surface area (Å²) in [5.74, 6) is -1.60. The molecule has 1 amide bonds. The van der Waals surface area contributed by atoms with Crippen molar-refractivity contribution in [2.24, 2.45) is 0 Å². The van der Waals surface area contributed by atoms with E-state index in [1.165, 1.54) is 6.07 Å². The van der Waals surface area contributed by atoms with Crippen LogP contribution in [0.5, 0.6) is 0 Å². The standard InChI is InChI=1S/C13H16BrFN2O3S/c1-21(19,20)11-7-8(14)6-10(12(11)15)13(18)17-9-2-4-16-5-3-9/h6-7,9,16H,2-5H2,1H3,(H,17,18). The van der Waals surface area contributed by atoms with Gasteiger partial charge in [0, 0.05) is 16.8 Å². The minimum absolute atomic E-state index is 0.0289. The topological polar surface area (TPSA) is 75.3 Å². The molecule has 0 saturated carbocycles. The highest BCUT2D eigenvalue weighted by Gasteiger charge is 2.24. The summed E-state index contributed by atoms with van der Waals surface area (Å²) in [6.45, 7) is 1.58. The van der Waals surface area contributed by atoms with Gasteiger partial charge in [0.2, 0.25) is 0 Å². The van der Waals surface area contributed by atoms with E-state index in [0.717, 1.165) is 38.3 Å². The van der Waals surface area contributed by atoms with E-state index in [0.29, 0.717) is 4.47 Å². The van der Waals surface area contributed by atoms with Gasteiger partial charge < -0.3 is 10.6 Å². The number of carbonyl (C=O) groups excluding carboxylic acids is 1. The van der Waals surface area contributed by atoms with Crippen LogP contribution in [0, 0.1) is 5.82 Å². The molecule has 0 spiro atoms. The third kappa shape index (κ3) is 4.02. The Bertz CT molecular complexity index is 658. The van der Waals surface area contributed by atoms with Crippen LogP contribution in [-0.2, 0) is 9.84 Å². The molecule has 5 nitrogen and oxygen atoms in total. The van der Waals surface area contributed by atoms with Gasteiger partial charge >= 0.3 is 0 Å². The largest absolute Gasteiger partial charge is 0.349 e. The van der Waals surface area contributed by atoms with E-state index in [1.54, 1.807) is 0 Å². The van der Waals surface area contributed by atoms with E-state index in [4.69, 9.17) is 0 Å². The quantitative estimate of drug-likeness (QED) is 0.834. The Hall–Kier alpha value is -0.990. The number of piperidine rings is 1. The Morgan fingerprint density at radius 3 is 2.57 bits per heavy atom. The predicted molar refractivity (Wildman–Crippen MR) is 80.6 cm³/mol. The molecule has 1 aromatic rings. The summed E-state index contributed by atoms with van der Waals surface area (Å²) in [5, 5.41) is 5.91. The molecule has 8 heteroatoms. The molecule has 116 valence electrons. The third-order valence-electron chi connectivity index (χ3n) is 3.32. The van der Waals surface area contributed by atoms with Crippen molar-refractivity contribution >= 4 is 31.7 Å². The molecule has 0 atom stereocenters. The van der Waals surface area contributed by atoms with E-state index in [-0.39, 0.29) is 11.6 Å². The highest BCUT2D eigenvalue weighted by atomic mass is 79.9.